The van der Waals surface area contributed by atoms with Crippen LogP contribution in [0.4, 0.5) is 0 Å². The minimum absolute atomic E-state index is 0.00354. The third-order valence-corrected chi connectivity index (χ3v) is 10.7. The van der Waals surface area contributed by atoms with Crippen molar-refractivity contribution in [1.82, 2.24) is 8.54 Å². The predicted molar refractivity (Wildman–Crippen MR) is 171 cm³/mol. The number of benzene rings is 3. The summed E-state index contributed by atoms with van der Waals surface area (Å²) in [5.41, 5.74) is 2.36. The summed E-state index contributed by atoms with van der Waals surface area (Å²) in [6.07, 6.45) is 1.84. The van der Waals surface area contributed by atoms with Gasteiger partial charge in [-0.2, -0.15) is 0 Å². The first-order valence-corrected chi connectivity index (χ1v) is 16.4. The second-order valence-electron chi connectivity index (χ2n) is 10.5. The van der Waals surface area contributed by atoms with Crippen LogP contribution in [0.1, 0.15) is 27.0 Å². The Balaban J connectivity index is 1.60. The lowest BCUT2D eigenvalue weighted by atomic mass is 9.98. The molecule has 0 aliphatic carbocycles. The highest BCUT2D eigenvalue weighted by atomic mass is 32.2. The Labute approximate surface area is 263 Å². The molecule has 5 aromatic rings. The standard InChI is InChI=1S/C33H30N2O8S2/c1-19-5-9-23(10-6-19)45(39,40)35-13-11-20-15-25-28(17-26(20)35)44-14-12-24-30(25)34(32(37)29(31(24)36)33(38)43-4)18-21-7-8-22(41-2)16-27(21)42-3/h5-11,13,15-17,36H,12,14,18H2,1-4H3. The molecule has 3 heterocycles. The number of fused-ring (bicyclic) bond motifs is 4. The van der Waals surface area contributed by atoms with Gasteiger partial charge in [-0.15, -0.1) is 11.8 Å². The molecule has 2 aromatic heterocycles. The SMILES string of the molecule is COC(=O)c1c(O)c2c(n(Cc3ccc(OC)cc3OC)c1=O)-c1cc3ccn(S(=O)(=O)c4ccc(C)cc4)c3cc1SCC2. The molecule has 232 valence electrons. The van der Waals surface area contributed by atoms with Gasteiger partial charge in [-0.05, 0) is 55.8 Å². The quantitative estimate of drug-likeness (QED) is 0.237. The molecule has 45 heavy (non-hydrogen) atoms. The van der Waals surface area contributed by atoms with E-state index in [-0.39, 0.29) is 11.4 Å². The Bertz CT molecular complexity index is 2150. The number of esters is 1. The molecule has 1 aliphatic rings. The number of hydrogen-bond acceptors (Lipinski definition) is 9. The number of rotatable bonds is 7. The van der Waals surface area contributed by atoms with Crippen molar-refractivity contribution >= 4 is 38.7 Å². The second-order valence-corrected chi connectivity index (χ2v) is 13.5. The molecule has 0 spiro atoms. The number of thioether (sulfide) groups is 1. The molecule has 6 rings (SSSR count). The van der Waals surface area contributed by atoms with Crippen LogP contribution in [0, 0.1) is 6.92 Å². The van der Waals surface area contributed by atoms with Crippen molar-refractivity contribution in [3.63, 3.8) is 0 Å². The highest BCUT2D eigenvalue weighted by molar-refractivity contribution is 7.99. The molecule has 0 saturated heterocycles. The minimum atomic E-state index is -3.89. The molecule has 3 aromatic carbocycles. The van der Waals surface area contributed by atoms with Crippen molar-refractivity contribution in [2.45, 2.75) is 29.7 Å². The molecule has 0 unspecified atom stereocenters. The lowest BCUT2D eigenvalue weighted by molar-refractivity contribution is 0.0594. The van der Waals surface area contributed by atoms with E-state index < -0.39 is 32.9 Å². The van der Waals surface area contributed by atoms with E-state index >= 15 is 0 Å². The van der Waals surface area contributed by atoms with Gasteiger partial charge in [0.1, 0.15) is 17.2 Å². The fraction of sp³-hybridized carbons (Fsp3) is 0.212. The number of aromatic nitrogens is 2. The number of carbonyl (C=O) groups is 1. The fourth-order valence-electron chi connectivity index (χ4n) is 5.64. The lowest BCUT2D eigenvalue weighted by Crippen LogP contribution is -2.30. The van der Waals surface area contributed by atoms with Crippen molar-refractivity contribution in [3.8, 4) is 28.5 Å². The van der Waals surface area contributed by atoms with Crippen LogP contribution in [-0.2, 0) is 27.7 Å². The lowest BCUT2D eigenvalue weighted by Gasteiger charge is -2.21. The molecule has 1 aliphatic heterocycles. The number of methoxy groups -OCH3 is 3. The zero-order valence-electron chi connectivity index (χ0n) is 25.0. The topological polar surface area (TPSA) is 126 Å². The molecule has 0 atom stereocenters. The highest BCUT2D eigenvalue weighted by Gasteiger charge is 2.31. The van der Waals surface area contributed by atoms with E-state index in [0.29, 0.717) is 57.0 Å². The molecule has 1 N–H and O–H groups in total. The largest absolute Gasteiger partial charge is 0.506 e. The first kappa shape index (κ1) is 30.4. The molecule has 0 amide bonds. The van der Waals surface area contributed by atoms with Gasteiger partial charge in [0.15, 0.2) is 5.56 Å². The summed E-state index contributed by atoms with van der Waals surface area (Å²) >= 11 is 1.47. The second kappa shape index (κ2) is 11.7. The summed E-state index contributed by atoms with van der Waals surface area (Å²) in [7, 11) is 0.309. The van der Waals surface area contributed by atoms with E-state index in [1.54, 1.807) is 54.6 Å². The summed E-state index contributed by atoms with van der Waals surface area (Å²) in [5.74, 6) is 0.168. The monoisotopic (exact) mass is 646 g/mol. The maximum atomic E-state index is 14.0. The highest BCUT2D eigenvalue weighted by Crippen LogP contribution is 2.44. The van der Waals surface area contributed by atoms with Gasteiger partial charge in [0, 0.05) is 45.0 Å². The number of pyridine rings is 1. The Kier molecular flexibility index (Phi) is 7.88. The Morgan fingerprint density at radius 1 is 1.00 bits per heavy atom. The minimum Gasteiger partial charge on any atom is -0.506 e. The van der Waals surface area contributed by atoms with Crippen LogP contribution in [0.25, 0.3) is 22.2 Å². The predicted octanol–water partition coefficient (Wildman–Crippen LogP) is 5.22. The number of aromatic hydroxyl groups is 1. The van der Waals surface area contributed by atoms with Gasteiger partial charge in [-0.25, -0.2) is 17.2 Å². The summed E-state index contributed by atoms with van der Waals surface area (Å²) in [5, 5.41) is 12.0. The first-order chi connectivity index (χ1) is 21.6. The maximum Gasteiger partial charge on any atom is 0.347 e. The third kappa shape index (κ3) is 5.13. The zero-order valence-corrected chi connectivity index (χ0v) is 26.6. The molecule has 0 bridgehead atoms. The molecule has 0 fully saturated rings. The molecule has 10 nitrogen and oxygen atoms in total. The van der Waals surface area contributed by atoms with Crippen LogP contribution >= 0.6 is 11.8 Å². The van der Waals surface area contributed by atoms with Gasteiger partial charge < -0.3 is 23.9 Å². The van der Waals surface area contributed by atoms with Crippen LogP contribution in [-0.4, -0.2) is 55.1 Å². The zero-order chi connectivity index (χ0) is 32.0. The van der Waals surface area contributed by atoms with Gasteiger partial charge in [0.25, 0.3) is 15.6 Å². The average molecular weight is 647 g/mol. The average Bonchev–Trinajstić information content (AvgIpc) is 3.37. The van der Waals surface area contributed by atoms with Gasteiger partial charge in [0.2, 0.25) is 0 Å². The van der Waals surface area contributed by atoms with Crippen molar-refractivity contribution in [1.29, 1.82) is 0 Å². The van der Waals surface area contributed by atoms with E-state index in [1.165, 1.54) is 40.7 Å². The summed E-state index contributed by atoms with van der Waals surface area (Å²) < 4.78 is 45.8. The fourth-order valence-corrected chi connectivity index (χ4v) is 8.02. The smallest absolute Gasteiger partial charge is 0.347 e. The number of aryl methyl sites for hydroxylation is 1. The normalized spacial score (nSPS) is 12.7. The van der Waals surface area contributed by atoms with Crippen molar-refractivity contribution in [2.24, 2.45) is 0 Å². The molecule has 0 radical (unpaired) electrons. The van der Waals surface area contributed by atoms with Crippen LogP contribution in [0.3, 0.4) is 0 Å². The van der Waals surface area contributed by atoms with Crippen LogP contribution in [0.15, 0.2) is 81.4 Å². The molecular weight excluding hydrogens is 617 g/mol. The number of nitrogens with zero attached hydrogens (tertiary/aromatic N) is 2. The number of hydrogen-bond donors (Lipinski definition) is 1. The summed E-state index contributed by atoms with van der Waals surface area (Å²) in [6, 6.07) is 17.2. The molecular formula is C33H30N2O8S2. The van der Waals surface area contributed by atoms with Crippen molar-refractivity contribution in [3.05, 3.63) is 99.5 Å². The molecule has 0 saturated carbocycles. The van der Waals surface area contributed by atoms with E-state index in [1.807, 2.05) is 13.0 Å². The molecule has 12 heteroatoms. The van der Waals surface area contributed by atoms with Crippen LogP contribution in [0.2, 0.25) is 0 Å². The number of carbonyl (C=O) groups excluding carboxylic acids is 1. The van der Waals surface area contributed by atoms with Crippen molar-refractivity contribution < 1.29 is 32.5 Å². The number of ether oxygens (including phenoxy) is 3. The third-order valence-electron chi connectivity index (χ3n) is 7.95. The Morgan fingerprint density at radius 3 is 2.44 bits per heavy atom. The van der Waals surface area contributed by atoms with Gasteiger partial charge >= 0.3 is 5.97 Å². The van der Waals surface area contributed by atoms with Gasteiger partial charge in [0.05, 0.1) is 44.0 Å². The van der Waals surface area contributed by atoms with E-state index in [4.69, 9.17) is 14.2 Å². The Morgan fingerprint density at radius 2 is 1.76 bits per heavy atom. The van der Waals surface area contributed by atoms with E-state index in [9.17, 15) is 23.1 Å². The van der Waals surface area contributed by atoms with Crippen molar-refractivity contribution in [2.75, 3.05) is 27.1 Å². The maximum absolute atomic E-state index is 14.0. The van der Waals surface area contributed by atoms with E-state index in [2.05, 4.69) is 0 Å². The van der Waals surface area contributed by atoms with Gasteiger partial charge in [-0.3, -0.25) is 4.79 Å². The van der Waals surface area contributed by atoms with Gasteiger partial charge in [-0.1, -0.05) is 17.7 Å². The van der Waals surface area contributed by atoms with Crippen LogP contribution < -0.4 is 15.0 Å². The summed E-state index contributed by atoms with van der Waals surface area (Å²) in [4.78, 5) is 27.7. The first-order valence-electron chi connectivity index (χ1n) is 14.0. The summed E-state index contributed by atoms with van der Waals surface area (Å²) in [6.45, 7) is 1.89. The van der Waals surface area contributed by atoms with Crippen LogP contribution in [0.5, 0.6) is 17.2 Å². The van der Waals surface area contributed by atoms with E-state index in [0.717, 1.165) is 17.6 Å². The Hall–Kier alpha value is -4.68.